The zero-order valence-corrected chi connectivity index (χ0v) is 14.2. The van der Waals surface area contributed by atoms with Gasteiger partial charge in [-0.25, -0.2) is 0 Å². The van der Waals surface area contributed by atoms with Crippen molar-refractivity contribution in [3.63, 3.8) is 0 Å². The molecule has 1 unspecified atom stereocenters. The van der Waals surface area contributed by atoms with Crippen molar-refractivity contribution in [2.45, 2.75) is 32.2 Å². The molecule has 0 spiro atoms. The van der Waals surface area contributed by atoms with Crippen LogP contribution in [0.5, 0.6) is 0 Å². The predicted molar refractivity (Wildman–Crippen MR) is 96.9 cm³/mol. The van der Waals surface area contributed by atoms with Crippen LogP contribution in [0.3, 0.4) is 0 Å². The molecule has 2 aliphatic heterocycles. The zero-order valence-electron chi connectivity index (χ0n) is 14.2. The lowest BCUT2D eigenvalue weighted by atomic mass is 9.94. The maximum Gasteiger partial charge on any atom is 0.264 e. The van der Waals surface area contributed by atoms with Gasteiger partial charge in [0.1, 0.15) is 0 Å². The number of carbonyl (C=O) groups is 2. The van der Waals surface area contributed by atoms with Gasteiger partial charge < -0.3 is 4.90 Å². The molecule has 0 radical (unpaired) electrons. The highest BCUT2D eigenvalue weighted by Gasteiger charge is 2.49. The number of nitrogens with zero attached hydrogens (tertiary/aromatic N) is 2. The van der Waals surface area contributed by atoms with Crippen LogP contribution in [-0.4, -0.2) is 16.4 Å². The molecular weight excluding hydrogens is 312 g/mol. The summed E-state index contributed by atoms with van der Waals surface area (Å²) in [5.74, 6) is 0.0254. The molecule has 4 heteroatoms. The van der Waals surface area contributed by atoms with E-state index in [0.717, 1.165) is 27.8 Å². The van der Waals surface area contributed by atoms with Gasteiger partial charge in [-0.3, -0.25) is 14.2 Å². The highest BCUT2D eigenvalue weighted by atomic mass is 16.2. The Hall–Kier alpha value is -2.88. The van der Waals surface area contributed by atoms with Gasteiger partial charge in [0.15, 0.2) is 0 Å². The van der Waals surface area contributed by atoms with Gasteiger partial charge in [0, 0.05) is 11.8 Å². The Kier molecular flexibility index (Phi) is 2.66. The summed E-state index contributed by atoms with van der Waals surface area (Å²) in [6.45, 7) is 4.04. The monoisotopic (exact) mass is 330 g/mol. The molecule has 5 rings (SSSR count). The third kappa shape index (κ3) is 1.71. The molecule has 0 N–H and O–H groups in total. The second-order valence-electron chi connectivity index (χ2n) is 7.25. The van der Waals surface area contributed by atoms with Crippen molar-refractivity contribution in [3.05, 3.63) is 65.4 Å². The fourth-order valence-corrected chi connectivity index (χ4v) is 4.40. The van der Waals surface area contributed by atoms with E-state index in [1.54, 1.807) is 0 Å². The molecule has 0 aliphatic carbocycles. The van der Waals surface area contributed by atoms with Gasteiger partial charge in [0.25, 0.3) is 5.91 Å². The van der Waals surface area contributed by atoms with Gasteiger partial charge in [0.05, 0.1) is 28.0 Å². The van der Waals surface area contributed by atoms with Gasteiger partial charge >= 0.3 is 0 Å². The molecule has 2 aliphatic rings. The van der Waals surface area contributed by atoms with Gasteiger partial charge in [-0.2, -0.15) is 0 Å². The van der Waals surface area contributed by atoms with Crippen LogP contribution < -0.4 is 4.90 Å². The largest absolute Gasteiger partial charge is 0.300 e. The highest BCUT2D eigenvalue weighted by Crippen LogP contribution is 2.47. The van der Waals surface area contributed by atoms with E-state index in [1.165, 1.54) is 0 Å². The molecule has 3 heterocycles. The molecule has 0 saturated carbocycles. The van der Waals surface area contributed by atoms with E-state index >= 15 is 0 Å². The summed E-state index contributed by atoms with van der Waals surface area (Å²) in [6.07, 6.45) is 1.21. The van der Waals surface area contributed by atoms with Gasteiger partial charge in [-0.1, -0.05) is 29.8 Å². The van der Waals surface area contributed by atoms with Crippen molar-refractivity contribution in [2.75, 3.05) is 4.90 Å². The number of aromatic nitrogens is 1. The van der Waals surface area contributed by atoms with Crippen LogP contribution >= 0.6 is 0 Å². The Morgan fingerprint density at radius 2 is 1.84 bits per heavy atom. The predicted octanol–water partition coefficient (Wildman–Crippen LogP) is 3.99. The summed E-state index contributed by atoms with van der Waals surface area (Å²) in [7, 11) is 0. The minimum atomic E-state index is -0.508. The summed E-state index contributed by atoms with van der Waals surface area (Å²) < 4.78 is 1.81. The third-order valence-corrected chi connectivity index (χ3v) is 5.66. The van der Waals surface area contributed by atoms with Crippen LogP contribution in [0.25, 0.3) is 10.9 Å². The zero-order chi connectivity index (χ0) is 17.3. The van der Waals surface area contributed by atoms with Crippen LogP contribution in [0.2, 0.25) is 0 Å². The molecule has 1 aromatic heterocycles. The Morgan fingerprint density at radius 3 is 2.68 bits per heavy atom. The van der Waals surface area contributed by atoms with Crippen LogP contribution in [0.15, 0.2) is 48.5 Å². The van der Waals surface area contributed by atoms with Crippen molar-refractivity contribution in [1.29, 1.82) is 0 Å². The van der Waals surface area contributed by atoms with Crippen molar-refractivity contribution in [2.24, 2.45) is 0 Å². The minimum Gasteiger partial charge on any atom is -0.300 e. The molecular formula is C21H18N2O2. The maximum absolute atomic E-state index is 13.5. The quantitative estimate of drug-likeness (QED) is 0.625. The summed E-state index contributed by atoms with van der Waals surface area (Å²) in [4.78, 5) is 28.1. The standard InChI is InChI=1S/C21H18N2O2/c1-13-7-8-17-15(11-13)20(25)22-16-6-4-3-5-14(16)12-18(22)21(2)10-9-19(24)23(17)21/h3-8,11-12H,9-10H2,1-2H3. The Morgan fingerprint density at radius 1 is 1.04 bits per heavy atom. The molecule has 1 amide bonds. The number of para-hydroxylation sites is 1. The lowest BCUT2D eigenvalue weighted by Crippen LogP contribution is -2.41. The fourth-order valence-electron chi connectivity index (χ4n) is 4.40. The second kappa shape index (κ2) is 4.60. The average Bonchev–Trinajstić information content (AvgIpc) is 3.12. The number of anilines is 1. The number of amides is 1. The fraction of sp³-hybridized carbons (Fsp3) is 0.238. The van der Waals surface area contributed by atoms with Crippen LogP contribution in [0, 0.1) is 6.92 Å². The van der Waals surface area contributed by atoms with Crippen LogP contribution in [-0.2, 0) is 10.3 Å². The van der Waals surface area contributed by atoms with Crippen molar-refractivity contribution in [3.8, 4) is 0 Å². The molecule has 1 atom stereocenters. The first-order valence-electron chi connectivity index (χ1n) is 8.60. The number of hydrogen-bond donors (Lipinski definition) is 0. The van der Waals surface area contributed by atoms with E-state index in [1.807, 2.05) is 58.9 Å². The molecule has 25 heavy (non-hydrogen) atoms. The summed E-state index contributed by atoms with van der Waals surface area (Å²) >= 11 is 0. The number of rotatable bonds is 0. The van der Waals surface area contributed by atoms with E-state index in [2.05, 4.69) is 13.0 Å². The lowest BCUT2D eigenvalue weighted by molar-refractivity contribution is -0.117. The van der Waals surface area contributed by atoms with Gasteiger partial charge in [-0.15, -0.1) is 0 Å². The van der Waals surface area contributed by atoms with E-state index < -0.39 is 5.54 Å². The first kappa shape index (κ1) is 14.5. The van der Waals surface area contributed by atoms with E-state index in [0.29, 0.717) is 18.4 Å². The van der Waals surface area contributed by atoms with Gasteiger partial charge in [-0.05, 0) is 44.5 Å². The van der Waals surface area contributed by atoms with Crippen LogP contribution in [0.4, 0.5) is 5.69 Å². The Balaban J connectivity index is 1.95. The number of carbonyl (C=O) groups excluding carboxylic acids is 2. The molecule has 1 fully saturated rings. The topological polar surface area (TPSA) is 42.3 Å². The second-order valence-corrected chi connectivity index (χ2v) is 7.25. The number of hydrogen-bond acceptors (Lipinski definition) is 2. The first-order valence-corrected chi connectivity index (χ1v) is 8.60. The molecule has 124 valence electrons. The number of aryl methyl sites for hydroxylation is 1. The van der Waals surface area contributed by atoms with E-state index in [4.69, 9.17) is 0 Å². The normalized spacial score (nSPS) is 21.9. The van der Waals surface area contributed by atoms with Crippen molar-refractivity contribution in [1.82, 2.24) is 4.57 Å². The number of benzene rings is 2. The highest BCUT2D eigenvalue weighted by molar-refractivity contribution is 6.12. The lowest BCUT2D eigenvalue weighted by Gasteiger charge is -2.34. The minimum absolute atomic E-state index is 0.0571. The molecule has 1 saturated heterocycles. The van der Waals surface area contributed by atoms with E-state index in [-0.39, 0.29) is 11.8 Å². The van der Waals surface area contributed by atoms with Crippen LogP contribution in [0.1, 0.15) is 41.4 Å². The molecule has 4 nitrogen and oxygen atoms in total. The Bertz CT molecular complexity index is 1080. The summed E-state index contributed by atoms with van der Waals surface area (Å²) in [5, 5.41) is 1.03. The third-order valence-electron chi connectivity index (χ3n) is 5.66. The van der Waals surface area contributed by atoms with Gasteiger partial charge in [0.2, 0.25) is 5.91 Å². The Labute approximate surface area is 145 Å². The van der Waals surface area contributed by atoms with Crippen molar-refractivity contribution < 1.29 is 9.59 Å². The maximum atomic E-state index is 13.5. The number of fused-ring (bicyclic) bond motifs is 7. The van der Waals surface area contributed by atoms with Crippen molar-refractivity contribution >= 4 is 28.4 Å². The first-order chi connectivity index (χ1) is 12.0. The molecule has 0 bridgehead atoms. The molecule has 3 aromatic rings. The molecule has 2 aromatic carbocycles. The summed E-state index contributed by atoms with van der Waals surface area (Å²) in [6, 6.07) is 15.8. The summed E-state index contributed by atoms with van der Waals surface area (Å²) in [5.41, 5.74) is 3.64. The average molecular weight is 330 g/mol. The van der Waals surface area contributed by atoms with E-state index in [9.17, 15) is 9.59 Å². The smallest absolute Gasteiger partial charge is 0.264 e. The SMILES string of the molecule is Cc1ccc2c(c1)C(=O)n1c(cc3ccccc31)C1(C)CCC(=O)N21.